The molecule has 0 aliphatic rings. The van der Waals surface area contributed by atoms with E-state index in [-0.39, 0.29) is 0 Å². The summed E-state index contributed by atoms with van der Waals surface area (Å²) in [5.41, 5.74) is 2.41. The molecule has 0 bridgehead atoms. The molecular weight excluding hydrogens is 307 g/mol. The Bertz CT molecular complexity index is 1210. The average molecular weight is 322 g/mol. The van der Waals surface area contributed by atoms with E-state index in [4.69, 9.17) is 0 Å². The zero-order chi connectivity index (χ0) is 17.0. The van der Waals surface area contributed by atoms with Gasteiger partial charge in [0.1, 0.15) is 0 Å². The topological polar surface area (TPSA) is 40.5 Å². The van der Waals surface area contributed by atoms with Gasteiger partial charge >= 0.3 is 7.12 Å². The fourth-order valence-electron chi connectivity index (χ4n) is 3.94. The van der Waals surface area contributed by atoms with Crippen molar-refractivity contribution in [3.05, 3.63) is 78.9 Å². The predicted octanol–water partition coefficient (Wildman–Crippen LogP) is 3.93. The minimum Gasteiger partial charge on any atom is -0.423 e. The molecule has 0 atom stereocenters. The summed E-state index contributed by atoms with van der Waals surface area (Å²) in [5, 5.41) is 26.8. The molecule has 5 aromatic rings. The molecule has 0 saturated heterocycles. The van der Waals surface area contributed by atoms with Gasteiger partial charge in [0.15, 0.2) is 0 Å². The average Bonchev–Trinajstić information content (AvgIpc) is 2.66. The van der Waals surface area contributed by atoms with Gasteiger partial charge in [0.05, 0.1) is 0 Å². The van der Waals surface area contributed by atoms with E-state index in [1.54, 1.807) is 6.07 Å². The zero-order valence-electron chi connectivity index (χ0n) is 13.5. The molecular formula is C22H15BO2. The highest BCUT2D eigenvalue weighted by molar-refractivity contribution is 6.60. The molecule has 25 heavy (non-hydrogen) atoms. The van der Waals surface area contributed by atoms with Gasteiger partial charge in [-0.25, -0.2) is 0 Å². The van der Waals surface area contributed by atoms with Crippen molar-refractivity contribution in [3.8, 4) is 11.1 Å². The van der Waals surface area contributed by atoms with Gasteiger partial charge in [0.2, 0.25) is 0 Å². The zero-order valence-corrected chi connectivity index (χ0v) is 13.5. The first-order chi connectivity index (χ1) is 12.2. The van der Waals surface area contributed by atoms with Gasteiger partial charge in [-0.05, 0) is 48.9 Å². The maximum atomic E-state index is 9.76. The van der Waals surface area contributed by atoms with Gasteiger partial charge in [-0.3, -0.25) is 0 Å². The van der Waals surface area contributed by atoms with Crippen LogP contribution in [0, 0.1) is 0 Å². The van der Waals surface area contributed by atoms with Crippen LogP contribution in [0.15, 0.2) is 78.9 Å². The predicted molar refractivity (Wildman–Crippen MR) is 105 cm³/mol. The van der Waals surface area contributed by atoms with Crippen LogP contribution in [-0.2, 0) is 0 Å². The Morgan fingerprint density at radius 2 is 1.16 bits per heavy atom. The summed E-state index contributed by atoms with van der Waals surface area (Å²) in [5.74, 6) is 0. The lowest BCUT2D eigenvalue weighted by atomic mass is 9.74. The minimum atomic E-state index is -1.49. The molecule has 5 aromatic carbocycles. The highest BCUT2D eigenvalue weighted by Crippen LogP contribution is 2.38. The lowest BCUT2D eigenvalue weighted by Crippen LogP contribution is -2.31. The molecule has 0 amide bonds. The van der Waals surface area contributed by atoms with Crippen LogP contribution in [0.25, 0.3) is 43.4 Å². The van der Waals surface area contributed by atoms with Crippen LogP contribution in [0.2, 0.25) is 0 Å². The molecule has 0 radical (unpaired) electrons. The molecule has 5 rings (SSSR count). The van der Waals surface area contributed by atoms with Crippen LogP contribution in [-0.4, -0.2) is 17.2 Å². The van der Waals surface area contributed by atoms with E-state index in [9.17, 15) is 10.0 Å². The third-order valence-corrected chi connectivity index (χ3v) is 5.06. The maximum Gasteiger partial charge on any atom is 0.489 e. The van der Waals surface area contributed by atoms with E-state index >= 15 is 0 Å². The monoisotopic (exact) mass is 322 g/mol. The van der Waals surface area contributed by atoms with Crippen LogP contribution >= 0.6 is 0 Å². The molecule has 0 aliphatic carbocycles. The SMILES string of the molecule is OB(O)c1ccccc1-c1ccc2ccc3cccc4ccc1c2c34. The van der Waals surface area contributed by atoms with Crippen LogP contribution < -0.4 is 5.46 Å². The highest BCUT2D eigenvalue weighted by Gasteiger charge is 2.19. The van der Waals surface area contributed by atoms with Gasteiger partial charge in [-0.2, -0.15) is 0 Å². The van der Waals surface area contributed by atoms with Crippen molar-refractivity contribution in [2.24, 2.45) is 0 Å². The summed E-state index contributed by atoms with van der Waals surface area (Å²) >= 11 is 0. The minimum absolute atomic E-state index is 0.525. The van der Waals surface area contributed by atoms with Crippen LogP contribution in [0.3, 0.4) is 0 Å². The van der Waals surface area contributed by atoms with Gasteiger partial charge in [0.25, 0.3) is 0 Å². The Balaban J connectivity index is 1.95. The molecule has 3 heteroatoms. The Hall–Kier alpha value is -2.88. The maximum absolute atomic E-state index is 9.76. The Kier molecular flexibility index (Phi) is 3.08. The fourth-order valence-corrected chi connectivity index (χ4v) is 3.94. The van der Waals surface area contributed by atoms with E-state index in [0.29, 0.717) is 5.46 Å². The van der Waals surface area contributed by atoms with Crippen molar-refractivity contribution in [3.63, 3.8) is 0 Å². The Morgan fingerprint density at radius 1 is 0.520 bits per heavy atom. The molecule has 2 nitrogen and oxygen atoms in total. The first kappa shape index (κ1) is 14.5. The smallest absolute Gasteiger partial charge is 0.423 e. The molecule has 0 spiro atoms. The summed E-state index contributed by atoms with van der Waals surface area (Å²) < 4.78 is 0. The fraction of sp³-hybridized carbons (Fsp3) is 0. The highest BCUT2D eigenvalue weighted by atomic mass is 16.4. The van der Waals surface area contributed by atoms with Gasteiger partial charge in [-0.1, -0.05) is 78.9 Å². The van der Waals surface area contributed by atoms with Gasteiger partial charge in [0, 0.05) is 0 Å². The van der Waals surface area contributed by atoms with Crippen LogP contribution in [0.5, 0.6) is 0 Å². The van der Waals surface area contributed by atoms with E-state index in [1.165, 1.54) is 26.9 Å². The van der Waals surface area contributed by atoms with Crippen molar-refractivity contribution in [2.45, 2.75) is 0 Å². The number of benzene rings is 5. The standard InChI is InChI=1S/C22H15BO2/c24-23(25)20-7-2-1-6-18(20)17-12-10-16-9-8-14-4-3-5-15-11-13-19(17)22(16)21(14)15/h1-13,24-25H. The third-order valence-electron chi connectivity index (χ3n) is 5.06. The van der Waals surface area contributed by atoms with E-state index in [2.05, 4.69) is 54.6 Å². The second-order valence-corrected chi connectivity index (χ2v) is 6.43. The molecule has 0 fully saturated rings. The van der Waals surface area contributed by atoms with Gasteiger partial charge in [-0.15, -0.1) is 0 Å². The lowest BCUT2D eigenvalue weighted by molar-refractivity contribution is 0.426. The lowest BCUT2D eigenvalue weighted by Gasteiger charge is -2.16. The summed E-state index contributed by atoms with van der Waals surface area (Å²) in [4.78, 5) is 0. The van der Waals surface area contributed by atoms with E-state index in [1.807, 2.05) is 18.2 Å². The van der Waals surface area contributed by atoms with E-state index in [0.717, 1.165) is 16.5 Å². The molecule has 2 N–H and O–H groups in total. The summed E-state index contributed by atoms with van der Waals surface area (Å²) in [7, 11) is -1.49. The van der Waals surface area contributed by atoms with Gasteiger partial charge < -0.3 is 10.0 Å². The number of rotatable bonds is 2. The summed E-state index contributed by atoms with van der Waals surface area (Å²) in [6.45, 7) is 0. The van der Waals surface area contributed by atoms with Crippen molar-refractivity contribution in [1.29, 1.82) is 0 Å². The van der Waals surface area contributed by atoms with Crippen molar-refractivity contribution >= 4 is 44.9 Å². The van der Waals surface area contributed by atoms with E-state index < -0.39 is 7.12 Å². The molecule has 118 valence electrons. The Morgan fingerprint density at radius 3 is 1.92 bits per heavy atom. The van der Waals surface area contributed by atoms with Crippen molar-refractivity contribution in [2.75, 3.05) is 0 Å². The molecule has 0 aromatic heterocycles. The molecule has 0 aliphatic heterocycles. The number of hydrogen-bond donors (Lipinski definition) is 2. The summed E-state index contributed by atoms with van der Waals surface area (Å²) in [6.07, 6.45) is 0. The first-order valence-corrected chi connectivity index (χ1v) is 8.36. The molecule has 0 saturated carbocycles. The van der Waals surface area contributed by atoms with Crippen LogP contribution in [0.4, 0.5) is 0 Å². The largest absolute Gasteiger partial charge is 0.489 e. The Labute approximate surface area is 145 Å². The third kappa shape index (κ3) is 2.07. The van der Waals surface area contributed by atoms with Crippen LogP contribution in [0.1, 0.15) is 0 Å². The summed E-state index contributed by atoms with van der Waals surface area (Å²) in [6, 6.07) is 26.6. The van der Waals surface area contributed by atoms with Crippen molar-refractivity contribution in [1.82, 2.24) is 0 Å². The quantitative estimate of drug-likeness (QED) is 0.382. The first-order valence-electron chi connectivity index (χ1n) is 8.36. The molecule has 0 heterocycles. The second-order valence-electron chi connectivity index (χ2n) is 6.43. The normalized spacial score (nSPS) is 11.6. The number of hydrogen-bond acceptors (Lipinski definition) is 2. The van der Waals surface area contributed by atoms with Crippen molar-refractivity contribution < 1.29 is 10.0 Å². The second kappa shape index (κ2) is 5.31. The molecule has 0 unspecified atom stereocenters.